The summed E-state index contributed by atoms with van der Waals surface area (Å²) in [6.45, 7) is 3.91. The number of nitrogens with zero attached hydrogens (tertiary/aromatic N) is 2. The second-order valence-corrected chi connectivity index (χ2v) is 12.6. The number of anilines is 1. The molecule has 3 aromatic carbocycles. The highest BCUT2D eigenvalue weighted by Gasteiger charge is 2.33. The Morgan fingerprint density at radius 3 is 2.12 bits per heavy atom. The number of ether oxygens (including phenoxy) is 2. The van der Waals surface area contributed by atoms with Crippen molar-refractivity contribution >= 4 is 39.1 Å². The van der Waals surface area contributed by atoms with Gasteiger partial charge in [0.2, 0.25) is 21.8 Å². The maximum Gasteiger partial charge on any atom is 0.244 e. The van der Waals surface area contributed by atoms with Gasteiger partial charge in [0.15, 0.2) is 11.5 Å². The minimum atomic E-state index is -3.92. The van der Waals surface area contributed by atoms with Gasteiger partial charge in [0, 0.05) is 30.6 Å². The highest BCUT2D eigenvalue weighted by atomic mass is 35.5. The van der Waals surface area contributed by atoms with E-state index < -0.39 is 28.5 Å². The van der Waals surface area contributed by atoms with Crippen molar-refractivity contribution in [3.8, 4) is 11.5 Å². The van der Waals surface area contributed by atoms with E-state index in [1.165, 1.54) is 31.3 Å². The van der Waals surface area contributed by atoms with Crippen molar-refractivity contribution in [3.63, 3.8) is 0 Å². The summed E-state index contributed by atoms with van der Waals surface area (Å²) in [5.41, 5.74) is 1.81. The lowest BCUT2D eigenvalue weighted by Crippen LogP contribution is -2.53. The molecule has 0 unspecified atom stereocenters. The Hall–Kier alpha value is -3.76. The molecule has 42 heavy (non-hydrogen) atoms. The van der Waals surface area contributed by atoms with Gasteiger partial charge in [0.25, 0.3) is 0 Å². The van der Waals surface area contributed by atoms with E-state index in [2.05, 4.69) is 5.32 Å². The smallest absolute Gasteiger partial charge is 0.244 e. The number of methoxy groups -OCH3 is 2. The molecule has 0 fully saturated rings. The van der Waals surface area contributed by atoms with Crippen LogP contribution < -0.4 is 19.1 Å². The lowest BCUT2D eigenvalue weighted by atomic mass is 10.0. The van der Waals surface area contributed by atoms with Crippen molar-refractivity contribution in [1.29, 1.82) is 0 Å². The van der Waals surface area contributed by atoms with Gasteiger partial charge in [0.05, 0.1) is 26.2 Å². The molecule has 0 saturated carbocycles. The molecule has 0 aromatic heterocycles. The summed E-state index contributed by atoms with van der Waals surface area (Å²) in [7, 11) is -1.01. The maximum absolute atomic E-state index is 14.2. The van der Waals surface area contributed by atoms with Crippen LogP contribution in [0.1, 0.15) is 25.0 Å². The minimum absolute atomic E-state index is 0.0616. The van der Waals surface area contributed by atoms with Gasteiger partial charge in [-0.25, -0.2) is 8.42 Å². The summed E-state index contributed by atoms with van der Waals surface area (Å²) in [5.74, 6) is 0.0366. The van der Waals surface area contributed by atoms with E-state index >= 15 is 0 Å². The summed E-state index contributed by atoms with van der Waals surface area (Å²) < 4.78 is 37.6. The molecule has 1 atom stereocenters. The number of carbonyl (C=O) groups is 2. The zero-order valence-corrected chi connectivity index (χ0v) is 26.1. The lowest BCUT2D eigenvalue weighted by Gasteiger charge is -2.33. The van der Waals surface area contributed by atoms with Crippen LogP contribution in [0, 0.1) is 5.92 Å². The third-order valence-electron chi connectivity index (χ3n) is 6.56. The van der Waals surface area contributed by atoms with Crippen LogP contribution in [0.3, 0.4) is 0 Å². The van der Waals surface area contributed by atoms with Crippen molar-refractivity contribution in [2.45, 2.75) is 32.9 Å². The Balaban J connectivity index is 2.06. The predicted molar refractivity (Wildman–Crippen MR) is 166 cm³/mol. The number of rotatable bonds is 14. The van der Waals surface area contributed by atoms with E-state index in [1.54, 1.807) is 30.3 Å². The quantitative estimate of drug-likeness (QED) is 0.286. The van der Waals surface area contributed by atoms with E-state index in [1.807, 2.05) is 44.2 Å². The average Bonchev–Trinajstić information content (AvgIpc) is 2.96. The minimum Gasteiger partial charge on any atom is -0.493 e. The number of halogens is 1. The first-order chi connectivity index (χ1) is 19.9. The van der Waals surface area contributed by atoms with Crippen molar-refractivity contribution < 1.29 is 27.5 Å². The topological polar surface area (TPSA) is 105 Å². The van der Waals surface area contributed by atoms with Crippen LogP contribution in [0.25, 0.3) is 0 Å². The average molecular weight is 616 g/mol. The van der Waals surface area contributed by atoms with E-state index in [4.69, 9.17) is 21.1 Å². The van der Waals surface area contributed by atoms with Crippen LogP contribution in [0.15, 0.2) is 72.8 Å². The number of amides is 2. The maximum atomic E-state index is 14.2. The molecule has 0 spiro atoms. The largest absolute Gasteiger partial charge is 0.493 e. The van der Waals surface area contributed by atoms with Crippen molar-refractivity contribution in [1.82, 2.24) is 10.2 Å². The van der Waals surface area contributed by atoms with Gasteiger partial charge in [-0.1, -0.05) is 67.9 Å². The Kier molecular flexibility index (Phi) is 11.6. The first-order valence-electron chi connectivity index (χ1n) is 13.5. The molecule has 11 heteroatoms. The Morgan fingerprint density at radius 1 is 0.905 bits per heavy atom. The molecular weight excluding hydrogens is 578 g/mol. The summed E-state index contributed by atoms with van der Waals surface area (Å²) >= 11 is 6.10. The van der Waals surface area contributed by atoms with E-state index in [0.717, 1.165) is 21.7 Å². The molecule has 0 aliphatic heterocycles. The van der Waals surface area contributed by atoms with Gasteiger partial charge < -0.3 is 19.7 Å². The fourth-order valence-corrected chi connectivity index (χ4v) is 5.32. The molecule has 3 aromatic rings. The van der Waals surface area contributed by atoms with Crippen LogP contribution >= 0.6 is 11.6 Å². The third-order valence-corrected chi connectivity index (χ3v) is 7.95. The first-order valence-corrected chi connectivity index (χ1v) is 15.7. The van der Waals surface area contributed by atoms with Crippen LogP contribution in [0.5, 0.6) is 11.5 Å². The highest BCUT2D eigenvalue weighted by molar-refractivity contribution is 7.92. The monoisotopic (exact) mass is 615 g/mol. The summed E-state index contributed by atoms with van der Waals surface area (Å²) in [6.07, 6.45) is 1.26. The normalized spacial score (nSPS) is 12.0. The number of hydrogen-bond donors (Lipinski definition) is 1. The lowest BCUT2D eigenvalue weighted by molar-refractivity contribution is -0.140. The molecule has 0 bridgehead atoms. The molecule has 0 aliphatic carbocycles. The second kappa shape index (κ2) is 14.9. The third kappa shape index (κ3) is 9.12. The van der Waals surface area contributed by atoms with Crippen LogP contribution in [0.2, 0.25) is 5.02 Å². The van der Waals surface area contributed by atoms with Crippen LogP contribution in [0.4, 0.5) is 5.69 Å². The number of sulfonamides is 1. The number of carbonyl (C=O) groups excluding carboxylic acids is 2. The summed E-state index contributed by atoms with van der Waals surface area (Å²) in [5, 5.41) is 3.49. The molecule has 0 heterocycles. The molecular formula is C31H38ClN3O6S. The van der Waals surface area contributed by atoms with Gasteiger partial charge in [0.1, 0.15) is 12.6 Å². The molecule has 0 aliphatic rings. The molecule has 3 rings (SSSR count). The number of nitrogens with one attached hydrogen (secondary N) is 1. The molecule has 9 nitrogen and oxygen atoms in total. The van der Waals surface area contributed by atoms with Crippen molar-refractivity contribution in [2.24, 2.45) is 5.92 Å². The molecule has 1 N–H and O–H groups in total. The zero-order valence-electron chi connectivity index (χ0n) is 24.5. The second-order valence-electron chi connectivity index (χ2n) is 10.3. The highest BCUT2D eigenvalue weighted by Crippen LogP contribution is 2.32. The molecule has 0 saturated heterocycles. The van der Waals surface area contributed by atoms with Gasteiger partial charge in [-0.2, -0.15) is 0 Å². The van der Waals surface area contributed by atoms with Crippen LogP contribution in [-0.4, -0.2) is 64.7 Å². The van der Waals surface area contributed by atoms with Crippen LogP contribution in [-0.2, 0) is 32.6 Å². The first kappa shape index (κ1) is 32.8. The van der Waals surface area contributed by atoms with Crippen molar-refractivity contribution in [3.05, 3.63) is 88.9 Å². The summed E-state index contributed by atoms with van der Waals surface area (Å²) in [6, 6.07) is 20.0. The van der Waals surface area contributed by atoms with Gasteiger partial charge in [-0.3, -0.25) is 13.9 Å². The van der Waals surface area contributed by atoms with Gasteiger partial charge >= 0.3 is 0 Å². The molecule has 2 amide bonds. The van der Waals surface area contributed by atoms with E-state index in [0.29, 0.717) is 23.1 Å². The number of hydrogen-bond acceptors (Lipinski definition) is 6. The predicted octanol–water partition coefficient (Wildman–Crippen LogP) is 4.54. The Labute approximate surface area is 253 Å². The SMILES string of the molecule is COc1ccc(N(CC(=O)N(Cc2ccc(Cl)cc2)[C@@H](Cc2ccccc2)C(=O)NCC(C)C)S(C)(=O)=O)cc1OC. The van der Waals surface area contributed by atoms with E-state index in [9.17, 15) is 18.0 Å². The summed E-state index contributed by atoms with van der Waals surface area (Å²) in [4.78, 5) is 29.3. The van der Waals surface area contributed by atoms with Crippen molar-refractivity contribution in [2.75, 3.05) is 37.9 Å². The Bertz CT molecular complexity index is 1450. The van der Waals surface area contributed by atoms with Gasteiger partial charge in [-0.15, -0.1) is 0 Å². The molecule has 226 valence electrons. The van der Waals surface area contributed by atoms with Gasteiger partial charge in [-0.05, 0) is 41.3 Å². The molecule has 0 radical (unpaired) electrons. The number of benzene rings is 3. The standard InChI is InChI=1S/C31H38ClN3O6S/c1-22(2)19-33-31(37)27(17-23-9-7-6-8-10-23)34(20-24-11-13-25(32)14-12-24)30(36)21-35(42(5,38)39)26-15-16-28(40-3)29(18-26)41-4/h6-16,18,22,27H,17,19-21H2,1-5H3,(H,33,37)/t27-/m0/s1. The fraction of sp³-hybridized carbons (Fsp3) is 0.355. The van der Waals surface area contributed by atoms with E-state index in [-0.39, 0.29) is 30.5 Å². The Morgan fingerprint density at radius 2 is 1.55 bits per heavy atom. The zero-order chi connectivity index (χ0) is 30.9. The fourth-order valence-electron chi connectivity index (χ4n) is 4.36.